The van der Waals surface area contributed by atoms with Crippen molar-refractivity contribution < 1.29 is 27.9 Å². The molecule has 0 aliphatic carbocycles. The van der Waals surface area contributed by atoms with Crippen LogP contribution < -0.4 is 10.4 Å². The Labute approximate surface area is 473 Å². The summed E-state index contributed by atoms with van der Waals surface area (Å²) < 4.78 is 39.9. The van der Waals surface area contributed by atoms with Crippen molar-refractivity contribution in [2.24, 2.45) is 0 Å². The van der Waals surface area contributed by atoms with E-state index in [9.17, 15) is 0 Å². The van der Waals surface area contributed by atoms with Gasteiger partial charge in [0.2, 0.25) is 0 Å². The Kier molecular flexibility index (Phi) is 17.0. The number of aromatic nitrogens is 1. The van der Waals surface area contributed by atoms with Gasteiger partial charge in [-0.25, -0.2) is 0 Å². The molecule has 0 unspecified atom stereocenters. The van der Waals surface area contributed by atoms with E-state index in [-0.39, 0.29) is 40.7 Å². The van der Waals surface area contributed by atoms with Crippen LogP contribution in [0.2, 0.25) is 0 Å². The monoisotopic (exact) mass is 1100 g/mol. The lowest BCUT2D eigenvalue weighted by Crippen LogP contribution is -2.41. The number of anilines is 2. The van der Waals surface area contributed by atoms with Crippen LogP contribution in [-0.4, -0.2) is 59.3 Å². The van der Waals surface area contributed by atoms with Crippen LogP contribution in [0.25, 0.3) is 38.6 Å². The molecule has 0 amide bonds. The van der Waals surface area contributed by atoms with Gasteiger partial charge in [-0.1, -0.05) is 164 Å². The maximum atomic E-state index is 6.35. The standard InChI is InChI=1S/C30H28BNO2.C24H22BrN.C12H24B2O4/c1-29(2)30(3,4)34-31(33-29)23-16-19-26-25-12-8-9-13-27(25)32(28(26)20-23)24-17-14-22(15-18-24)21-10-6-5-7-11-21;1-5-6-11-19(2)20(3)16-17-21(4)26(23-13-8-7-9-14-23)24-15-10-12-22(25)18-24;1-9(2)10(3,4)16-13(15-9)14-17-11(5,6)12(7,8)18-14/h5-20H,1-4H3;5-18H,1-4H2;1-8H3/b;11-6-,17-16-;. The van der Waals surface area contributed by atoms with E-state index in [0.29, 0.717) is 0 Å². The van der Waals surface area contributed by atoms with Crippen molar-refractivity contribution in [2.75, 3.05) is 4.90 Å². The highest BCUT2D eigenvalue weighted by atomic mass is 79.9. The third-order valence-electron chi connectivity index (χ3n) is 15.9. The van der Waals surface area contributed by atoms with Gasteiger partial charge in [0, 0.05) is 38.0 Å². The summed E-state index contributed by atoms with van der Waals surface area (Å²) >= 11 is 3.54. The first-order valence-corrected chi connectivity index (χ1v) is 27.4. The van der Waals surface area contributed by atoms with Crippen LogP contribution in [0.4, 0.5) is 11.4 Å². The highest BCUT2D eigenvalue weighted by molar-refractivity contribution is 9.10. The normalized spacial score (nSPS) is 18.4. The fourth-order valence-corrected chi connectivity index (χ4v) is 9.55. The number of halogens is 1. The molecule has 0 N–H and O–H groups in total. The molecule has 10 rings (SSSR count). The lowest BCUT2D eigenvalue weighted by Gasteiger charge is -2.32. The first kappa shape index (κ1) is 58.0. The van der Waals surface area contributed by atoms with Gasteiger partial charge < -0.3 is 37.4 Å². The second kappa shape index (κ2) is 22.9. The van der Waals surface area contributed by atoms with Crippen molar-refractivity contribution in [3.8, 4) is 16.8 Å². The molecule has 8 nitrogen and oxygen atoms in total. The summed E-state index contributed by atoms with van der Waals surface area (Å²) in [6, 6.07) is 52.7. The number of benzene rings is 6. The van der Waals surface area contributed by atoms with Crippen molar-refractivity contribution in [1.29, 1.82) is 0 Å². The topological polar surface area (TPSA) is 63.5 Å². The maximum absolute atomic E-state index is 6.35. The van der Waals surface area contributed by atoms with Crippen molar-refractivity contribution in [3.05, 3.63) is 230 Å². The summed E-state index contributed by atoms with van der Waals surface area (Å²) in [6.07, 6.45) is 9.31. The third-order valence-corrected chi connectivity index (χ3v) is 16.4. The van der Waals surface area contributed by atoms with Crippen LogP contribution >= 0.6 is 15.9 Å². The van der Waals surface area contributed by atoms with Crippen LogP contribution in [0, 0.1) is 0 Å². The highest BCUT2D eigenvalue weighted by Crippen LogP contribution is 2.44. The van der Waals surface area contributed by atoms with Gasteiger partial charge in [0.25, 0.3) is 0 Å². The Hall–Kier alpha value is -6.21. The van der Waals surface area contributed by atoms with Crippen molar-refractivity contribution >= 4 is 75.7 Å². The molecule has 7 aromatic rings. The van der Waals surface area contributed by atoms with Crippen LogP contribution in [0.15, 0.2) is 230 Å². The van der Waals surface area contributed by atoms with E-state index >= 15 is 0 Å². The lowest BCUT2D eigenvalue weighted by atomic mass is 9.49. The summed E-state index contributed by atoms with van der Waals surface area (Å²) in [5.74, 6) is 0. The smallest absolute Gasteiger partial charge is 0.405 e. The Morgan fingerprint density at radius 3 is 1.50 bits per heavy atom. The number of para-hydroxylation sites is 2. The molecule has 78 heavy (non-hydrogen) atoms. The molecule has 12 heteroatoms. The summed E-state index contributed by atoms with van der Waals surface area (Å²) in [4.78, 5) is 2.09. The number of rotatable bonds is 12. The molecule has 3 fully saturated rings. The second-order valence-electron chi connectivity index (χ2n) is 23.0. The second-order valence-corrected chi connectivity index (χ2v) is 23.9. The van der Waals surface area contributed by atoms with E-state index in [0.717, 1.165) is 49.4 Å². The fourth-order valence-electron chi connectivity index (χ4n) is 9.17. The maximum Gasteiger partial charge on any atom is 0.494 e. The zero-order valence-electron chi connectivity index (χ0n) is 47.6. The average Bonchev–Trinajstić information content (AvgIpc) is 4.06. The molecule has 6 aromatic carbocycles. The van der Waals surface area contributed by atoms with E-state index in [1.165, 1.54) is 27.4 Å². The molecule has 0 bridgehead atoms. The van der Waals surface area contributed by atoms with E-state index in [1.54, 1.807) is 6.08 Å². The predicted octanol–water partition coefficient (Wildman–Crippen LogP) is 16.5. The van der Waals surface area contributed by atoms with Gasteiger partial charge in [-0.05, 0) is 171 Å². The first-order valence-electron chi connectivity index (χ1n) is 26.7. The molecule has 0 saturated carbocycles. The van der Waals surface area contributed by atoms with Crippen molar-refractivity contribution in [2.45, 2.75) is 117 Å². The minimum Gasteiger partial charge on any atom is -0.405 e. The van der Waals surface area contributed by atoms with Gasteiger partial charge in [-0.3, -0.25) is 0 Å². The average molecular weight is 1100 g/mol. The zero-order chi connectivity index (χ0) is 56.4. The van der Waals surface area contributed by atoms with Crippen LogP contribution in [-0.2, 0) is 27.9 Å². The van der Waals surface area contributed by atoms with Crippen LogP contribution in [0.1, 0.15) is 83.1 Å². The summed E-state index contributed by atoms with van der Waals surface area (Å²) in [5.41, 5.74) is 9.33. The summed E-state index contributed by atoms with van der Waals surface area (Å²) in [6.45, 7) is 40.6. The Balaban J connectivity index is 0.000000163. The van der Waals surface area contributed by atoms with E-state index in [1.807, 2.05) is 116 Å². The number of hydrogen-bond donors (Lipinski definition) is 0. The number of nitrogens with zero attached hydrogens (tertiary/aromatic N) is 2. The minimum absolute atomic E-state index is 0.360. The fraction of sp³-hybridized carbons (Fsp3) is 0.273. The van der Waals surface area contributed by atoms with E-state index in [2.05, 4.69) is 195 Å². The zero-order valence-corrected chi connectivity index (χ0v) is 49.2. The predicted molar refractivity (Wildman–Crippen MR) is 333 cm³/mol. The van der Waals surface area contributed by atoms with Gasteiger partial charge in [0.15, 0.2) is 0 Å². The number of fused-ring (bicyclic) bond motifs is 3. The van der Waals surface area contributed by atoms with Crippen molar-refractivity contribution in [1.82, 2.24) is 4.57 Å². The van der Waals surface area contributed by atoms with Gasteiger partial charge in [-0.15, -0.1) is 0 Å². The quantitative estimate of drug-likeness (QED) is 0.0892. The molecule has 0 radical (unpaired) electrons. The van der Waals surface area contributed by atoms with Crippen LogP contribution in [0.5, 0.6) is 0 Å². The largest absolute Gasteiger partial charge is 0.494 e. The molecular formula is C66H74B3BrN2O6. The Bertz CT molecular complexity index is 3300. The Morgan fingerprint density at radius 1 is 0.474 bits per heavy atom. The first-order chi connectivity index (χ1) is 36.7. The van der Waals surface area contributed by atoms with Gasteiger partial charge in [0.05, 0.1) is 44.6 Å². The molecule has 0 spiro atoms. The summed E-state index contributed by atoms with van der Waals surface area (Å²) in [5, 5.41) is 2.47. The number of allylic oxidation sites excluding steroid dienone is 7. The molecule has 3 aliphatic heterocycles. The molecule has 400 valence electrons. The molecule has 3 saturated heterocycles. The van der Waals surface area contributed by atoms with E-state index < -0.39 is 14.0 Å². The molecule has 4 heterocycles. The third kappa shape index (κ3) is 12.3. The number of hydrogen-bond acceptors (Lipinski definition) is 7. The lowest BCUT2D eigenvalue weighted by molar-refractivity contribution is 0.00578. The molecular weight excluding hydrogens is 1030 g/mol. The minimum atomic E-state index is -0.476. The summed E-state index contributed by atoms with van der Waals surface area (Å²) in [7, 11) is -1.34. The van der Waals surface area contributed by atoms with Gasteiger partial charge >= 0.3 is 21.1 Å². The molecule has 0 atom stereocenters. The molecule has 1 aromatic heterocycles. The van der Waals surface area contributed by atoms with E-state index in [4.69, 9.17) is 27.9 Å². The SMILES string of the molecule is C=C/C=C\C(=C)C(=C)/C=C\C(=C)N(c1ccccc1)c1cccc(Br)c1.CC1(C)OB(B2OC(C)(C)C(C)(C)O2)OC1(C)C.CC1(C)OB(c2ccc3c4ccccc4n(-c4ccc(-c5ccccc5)cc4)c3c2)OC1(C)C. The van der Waals surface area contributed by atoms with Crippen LogP contribution in [0.3, 0.4) is 0 Å². The van der Waals surface area contributed by atoms with Gasteiger partial charge in [0.1, 0.15) is 0 Å². The van der Waals surface area contributed by atoms with Gasteiger partial charge in [-0.2, -0.15) is 0 Å². The Morgan fingerprint density at radius 2 is 0.949 bits per heavy atom. The highest BCUT2D eigenvalue weighted by Gasteiger charge is 2.63. The molecule has 3 aliphatic rings. The van der Waals surface area contributed by atoms with Crippen molar-refractivity contribution in [3.63, 3.8) is 0 Å².